The van der Waals surface area contributed by atoms with E-state index in [1.54, 1.807) is 11.3 Å². The number of nitrogens with zero attached hydrogens (tertiary/aromatic N) is 5. The first kappa shape index (κ1) is 20.2. The molecule has 2 fully saturated rings. The van der Waals surface area contributed by atoms with E-state index in [0.29, 0.717) is 0 Å². The molecule has 31 heavy (non-hydrogen) atoms. The smallest absolute Gasteiger partial charge is 0.188 e. The van der Waals surface area contributed by atoms with Crippen LogP contribution in [0.5, 0.6) is 0 Å². The molecular weight excluding hydrogens is 408 g/mol. The topological polar surface area (TPSA) is 81.2 Å². The van der Waals surface area contributed by atoms with E-state index in [1.807, 2.05) is 25.4 Å². The Labute approximate surface area is 186 Å². The predicted octanol–water partition coefficient (Wildman–Crippen LogP) is 2.47. The quantitative estimate of drug-likeness (QED) is 0.563. The van der Waals surface area contributed by atoms with Gasteiger partial charge in [0.25, 0.3) is 0 Å². The number of rotatable bonds is 5. The van der Waals surface area contributed by atoms with E-state index in [4.69, 9.17) is 4.98 Å². The molecule has 162 valence electrons. The lowest BCUT2D eigenvalue weighted by Gasteiger charge is -2.32. The molecule has 0 radical (unpaired) electrons. The van der Waals surface area contributed by atoms with Crippen LogP contribution >= 0.6 is 11.3 Å². The van der Waals surface area contributed by atoms with Crippen molar-refractivity contribution in [3.05, 3.63) is 42.4 Å². The van der Waals surface area contributed by atoms with Crippen LogP contribution < -0.4 is 25.8 Å². The van der Waals surface area contributed by atoms with Crippen molar-refractivity contribution in [2.45, 2.75) is 6.92 Å². The van der Waals surface area contributed by atoms with Gasteiger partial charge in [0, 0.05) is 88.3 Å². The molecule has 0 spiro atoms. The summed E-state index contributed by atoms with van der Waals surface area (Å²) in [6.07, 6.45) is 3.76. The number of nitrogens with one attached hydrogen (secondary N) is 3. The first-order valence-corrected chi connectivity index (χ1v) is 11.7. The standard InChI is InChI=1S/C22H28N8S/c1-16-12-17(2-3-25-16)19-15-26-22(31-19)28-20-13-18(29-8-4-23-5-9-29)14-21(27-20)30-10-6-24-7-11-30/h2-3,12-15,23-24H,4-11H2,1H3,(H,26,27,28). The van der Waals surface area contributed by atoms with Crippen LogP contribution in [0.2, 0.25) is 0 Å². The summed E-state index contributed by atoms with van der Waals surface area (Å²) in [5, 5.41) is 11.2. The van der Waals surface area contributed by atoms with Gasteiger partial charge in [0.15, 0.2) is 5.13 Å². The van der Waals surface area contributed by atoms with Crippen molar-refractivity contribution in [1.29, 1.82) is 0 Å². The van der Waals surface area contributed by atoms with E-state index in [-0.39, 0.29) is 0 Å². The minimum Gasteiger partial charge on any atom is -0.369 e. The Hall–Kier alpha value is -2.75. The number of piperazine rings is 2. The molecule has 5 heterocycles. The third-order valence-corrected chi connectivity index (χ3v) is 6.60. The van der Waals surface area contributed by atoms with Gasteiger partial charge in [-0.15, -0.1) is 0 Å². The highest BCUT2D eigenvalue weighted by atomic mass is 32.1. The monoisotopic (exact) mass is 436 g/mol. The second kappa shape index (κ2) is 9.17. The Kier molecular flexibility index (Phi) is 5.97. The van der Waals surface area contributed by atoms with Gasteiger partial charge in [0.05, 0.1) is 4.88 Å². The van der Waals surface area contributed by atoms with Crippen molar-refractivity contribution in [1.82, 2.24) is 25.6 Å². The molecule has 2 aliphatic rings. The molecule has 2 aliphatic heterocycles. The minimum atomic E-state index is 0.844. The molecule has 0 aliphatic carbocycles. The number of anilines is 4. The fourth-order valence-electron chi connectivity index (χ4n) is 4.00. The maximum Gasteiger partial charge on any atom is 0.188 e. The van der Waals surface area contributed by atoms with Gasteiger partial charge in [0.2, 0.25) is 0 Å². The Morgan fingerprint density at radius 3 is 2.42 bits per heavy atom. The third-order valence-electron chi connectivity index (χ3n) is 5.64. The fraction of sp³-hybridized carbons (Fsp3) is 0.409. The van der Waals surface area contributed by atoms with Crippen LogP contribution in [0, 0.1) is 6.92 Å². The Bertz CT molecular complexity index is 988. The largest absolute Gasteiger partial charge is 0.369 e. The average Bonchev–Trinajstić information content (AvgIpc) is 3.28. The SMILES string of the molecule is Cc1cc(-c2cnc(Nc3cc(N4CCNCC4)cc(N4CCNCC4)n3)s2)ccn1. The Morgan fingerprint density at radius 1 is 0.935 bits per heavy atom. The zero-order valence-corrected chi connectivity index (χ0v) is 18.6. The summed E-state index contributed by atoms with van der Waals surface area (Å²) in [6, 6.07) is 8.49. The summed E-state index contributed by atoms with van der Waals surface area (Å²) in [4.78, 5) is 19.7. The summed E-state index contributed by atoms with van der Waals surface area (Å²) in [7, 11) is 0. The summed E-state index contributed by atoms with van der Waals surface area (Å²) < 4.78 is 0. The maximum absolute atomic E-state index is 4.94. The number of aromatic nitrogens is 3. The maximum atomic E-state index is 4.94. The summed E-state index contributed by atoms with van der Waals surface area (Å²) >= 11 is 1.64. The van der Waals surface area contributed by atoms with E-state index >= 15 is 0 Å². The van der Waals surface area contributed by atoms with Gasteiger partial charge in [-0.2, -0.15) is 0 Å². The Morgan fingerprint density at radius 2 is 1.68 bits per heavy atom. The average molecular weight is 437 g/mol. The molecule has 0 aromatic carbocycles. The van der Waals surface area contributed by atoms with Gasteiger partial charge < -0.3 is 25.8 Å². The number of hydrogen-bond acceptors (Lipinski definition) is 9. The molecule has 2 saturated heterocycles. The fourth-order valence-corrected chi connectivity index (χ4v) is 4.82. The minimum absolute atomic E-state index is 0.844. The van der Waals surface area contributed by atoms with Crippen LogP contribution in [0.4, 0.5) is 22.5 Å². The number of aryl methyl sites for hydroxylation is 1. The van der Waals surface area contributed by atoms with E-state index < -0.39 is 0 Å². The van der Waals surface area contributed by atoms with Gasteiger partial charge in [-0.3, -0.25) is 4.98 Å². The molecule has 3 N–H and O–H groups in total. The Balaban J connectivity index is 1.42. The highest BCUT2D eigenvalue weighted by molar-refractivity contribution is 7.18. The molecule has 9 heteroatoms. The second-order valence-corrected chi connectivity index (χ2v) is 8.91. The van der Waals surface area contributed by atoms with Crippen molar-refractivity contribution < 1.29 is 0 Å². The van der Waals surface area contributed by atoms with Crippen LogP contribution in [0.1, 0.15) is 5.69 Å². The number of thiazole rings is 1. The van der Waals surface area contributed by atoms with Gasteiger partial charge in [0.1, 0.15) is 11.6 Å². The zero-order chi connectivity index (χ0) is 21.0. The van der Waals surface area contributed by atoms with E-state index in [1.165, 1.54) is 5.69 Å². The molecule has 8 nitrogen and oxygen atoms in total. The second-order valence-electron chi connectivity index (χ2n) is 7.88. The molecular formula is C22H28N8S. The summed E-state index contributed by atoms with van der Waals surface area (Å²) in [5.74, 6) is 1.87. The van der Waals surface area contributed by atoms with E-state index in [2.05, 4.69) is 53.9 Å². The molecule has 0 atom stereocenters. The van der Waals surface area contributed by atoms with Crippen molar-refractivity contribution in [2.75, 3.05) is 67.5 Å². The van der Waals surface area contributed by atoms with E-state index in [9.17, 15) is 0 Å². The first-order chi connectivity index (χ1) is 15.2. The van der Waals surface area contributed by atoms with Crippen LogP contribution in [-0.2, 0) is 0 Å². The van der Waals surface area contributed by atoms with Gasteiger partial charge in [-0.25, -0.2) is 9.97 Å². The van der Waals surface area contributed by atoms with Gasteiger partial charge in [-0.05, 0) is 24.6 Å². The third kappa shape index (κ3) is 4.79. The van der Waals surface area contributed by atoms with E-state index in [0.717, 1.165) is 85.3 Å². The van der Waals surface area contributed by atoms with Gasteiger partial charge in [-0.1, -0.05) is 11.3 Å². The summed E-state index contributed by atoms with van der Waals surface area (Å²) in [5.41, 5.74) is 3.36. The molecule has 0 saturated carbocycles. The lowest BCUT2D eigenvalue weighted by molar-refractivity contribution is 0.582. The van der Waals surface area contributed by atoms with Gasteiger partial charge >= 0.3 is 0 Å². The summed E-state index contributed by atoms with van der Waals surface area (Å²) in [6.45, 7) is 9.96. The molecule has 0 bridgehead atoms. The molecule has 0 unspecified atom stereocenters. The van der Waals surface area contributed by atoms with Crippen molar-refractivity contribution in [3.63, 3.8) is 0 Å². The lowest BCUT2D eigenvalue weighted by atomic mass is 10.2. The molecule has 5 rings (SSSR count). The van der Waals surface area contributed by atoms with Crippen LogP contribution in [0.15, 0.2) is 36.7 Å². The zero-order valence-electron chi connectivity index (χ0n) is 17.8. The van der Waals surface area contributed by atoms with Crippen molar-refractivity contribution in [3.8, 4) is 10.4 Å². The van der Waals surface area contributed by atoms with Crippen molar-refractivity contribution in [2.24, 2.45) is 0 Å². The highest BCUT2D eigenvalue weighted by Crippen LogP contribution is 2.32. The normalized spacial score (nSPS) is 17.1. The number of hydrogen-bond donors (Lipinski definition) is 3. The first-order valence-electron chi connectivity index (χ1n) is 10.8. The van der Waals surface area contributed by atoms with Crippen molar-refractivity contribution >= 4 is 33.8 Å². The number of pyridine rings is 2. The predicted molar refractivity (Wildman–Crippen MR) is 128 cm³/mol. The molecule has 3 aromatic rings. The van der Waals surface area contributed by atoms with Crippen LogP contribution in [0.3, 0.4) is 0 Å². The van der Waals surface area contributed by atoms with Crippen LogP contribution in [-0.4, -0.2) is 67.3 Å². The van der Waals surface area contributed by atoms with Crippen LogP contribution in [0.25, 0.3) is 10.4 Å². The highest BCUT2D eigenvalue weighted by Gasteiger charge is 2.18. The molecule has 3 aromatic heterocycles. The molecule has 0 amide bonds. The lowest BCUT2D eigenvalue weighted by Crippen LogP contribution is -2.45.